The van der Waals surface area contributed by atoms with Gasteiger partial charge in [0, 0.05) is 23.0 Å². The number of aryl methyl sites for hydroxylation is 1. The number of carbonyl (C=O) groups excluding carboxylic acids is 1. The Bertz CT molecular complexity index is 526. The Hall–Kier alpha value is -1.74. The van der Waals surface area contributed by atoms with E-state index in [1.54, 1.807) is 24.3 Å². The van der Waals surface area contributed by atoms with E-state index < -0.39 is 0 Å². The maximum absolute atomic E-state index is 11.9. The van der Waals surface area contributed by atoms with Crippen molar-refractivity contribution in [2.75, 3.05) is 0 Å². The predicted octanol–water partition coefficient (Wildman–Crippen LogP) is 2.67. The van der Waals surface area contributed by atoms with Crippen LogP contribution in [0.2, 0.25) is 5.02 Å². The number of hydrogen-bond donors (Lipinski definition) is 0. The number of hydrogen-bond acceptors (Lipinski definition) is 3. The van der Waals surface area contributed by atoms with Crippen molar-refractivity contribution in [1.82, 2.24) is 9.97 Å². The van der Waals surface area contributed by atoms with Gasteiger partial charge in [0.25, 0.3) is 0 Å². The zero-order valence-corrected chi connectivity index (χ0v) is 9.40. The number of aromatic nitrogens is 2. The zero-order chi connectivity index (χ0) is 11.5. The van der Waals surface area contributed by atoms with E-state index in [0.717, 1.165) is 5.56 Å². The monoisotopic (exact) mass is 232 g/mol. The van der Waals surface area contributed by atoms with E-state index in [2.05, 4.69) is 9.97 Å². The molecule has 0 saturated heterocycles. The number of nitrogens with zero attached hydrogens (tertiary/aromatic N) is 2. The Morgan fingerprint density at radius 1 is 1.25 bits per heavy atom. The van der Waals surface area contributed by atoms with Crippen LogP contribution in [0.25, 0.3) is 0 Å². The van der Waals surface area contributed by atoms with E-state index in [-0.39, 0.29) is 11.6 Å². The fourth-order valence-corrected chi connectivity index (χ4v) is 1.46. The van der Waals surface area contributed by atoms with E-state index >= 15 is 0 Å². The number of ketones is 1. The largest absolute Gasteiger partial charge is 0.285 e. The Balaban J connectivity index is 2.39. The number of benzene rings is 1. The molecule has 0 radical (unpaired) electrons. The van der Waals surface area contributed by atoms with Gasteiger partial charge in [0.1, 0.15) is 0 Å². The molecular weight excluding hydrogens is 224 g/mol. The fraction of sp³-hybridized carbons (Fsp3) is 0.0833. The zero-order valence-electron chi connectivity index (χ0n) is 8.64. The van der Waals surface area contributed by atoms with Gasteiger partial charge < -0.3 is 0 Å². The average molecular weight is 233 g/mol. The Morgan fingerprint density at radius 3 is 2.56 bits per heavy atom. The van der Waals surface area contributed by atoms with Crippen molar-refractivity contribution in [1.29, 1.82) is 0 Å². The molecule has 0 atom stereocenters. The van der Waals surface area contributed by atoms with Crippen LogP contribution < -0.4 is 0 Å². The lowest BCUT2D eigenvalue weighted by molar-refractivity contribution is 0.102. The first kappa shape index (κ1) is 10.8. The first-order chi connectivity index (χ1) is 7.68. The minimum absolute atomic E-state index is 0.183. The van der Waals surface area contributed by atoms with Gasteiger partial charge in [-0.15, -0.1) is 0 Å². The molecule has 1 aromatic heterocycles. The van der Waals surface area contributed by atoms with E-state index in [9.17, 15) is 4.79 Å². The third kappa shape index (κ3) is 2.09. The molecule has 0 aliphatic carbocycles. The lowest BCUT2D eigenvalue weighted by Gasteiger charge is -2.01. The highest BCUT2D eigenvalue weighted by Crippen LogP contribution is 2.17. The topological polar surface area (TPSA) is 42.9 Å². The molecule has 0 spiro atoms. The molecule has 3 nitrogen and oxygen atoms in total. The summed E-state index contributed by atoms with van der Waals surface area (Å²) in [6.45, 7) is 1.88. The first-order valence-electron chi connectivity index (χ1n) is 4.76. The molecule has 0 fully saturated rings. The highest BCUT2D eigenvalue weighted by molar-refractivity contribution is 6.31. The van der Waals surface area contributed by atoms with Crippen molar-refractivity contribution in [3.63, 3.8) is 0 Å². The fourth-order valence-electron chi connectivity index (χ4n) is 1.28. The van der Waals surface area contributed by atoms with Gasteiger partial charge in [-0.25, -0.2) is 9.97 Å². The van der Waals surface area contributed by atoms with Crippen LogP contribution >= 0.6 is 11.6 Å². The molecule has 2 rings (SSSR count). The lowest BCUT2D eigenvalue weighted by Crippen LogP contribution is -2.06. The third-order valence-electron chi connectivity index (χ3n) is 2.20. The number of halogens is 1. The number of carbonyl (C=O) groups is 1. The predicted molar refractivity (Wildman–Crippen MR) is 61.7 cm³/mol. The van der Waals surface area contributed by atoms with Crippen molar-refractivity contribution >= 4 is 17.4 Å². The summed E-state index contributed by atoms with van der Waals surface area (Å²) < 4.78 is 0. The van der Waals surface area contributed by atoms with Gasteiger partial charge >= 0.3 is 0 Å². The Morgan fingerprint density at radius 2 is 1.94 bits per heavy atom. The molecule has 1 heterocycles. The minimum Gasteiger partial charge on any atom is -0.285 e. The SMILES string of the molecule is Cc1ccc(C(=O)c2ncccn2)cc1Cl. The summed E-state index contributed by atoms with van der Waals surface area (Å²) >= 11 is 5.95. The molecule has 0 amide bonds. The molecule has 0 aliphatic heterocycles. The van der Waals surface area contributed by atoms with Crippen LogP contribution in [-0.2, 0) is 0 Å². The van der Waals surface area contributed by atoms with Crippen LogP contribution in [-0.4, -0.2) is 15.8 Å². The van der Waals surface area contributed by atoms with Gasteiger partial charge in [-0.05, 0) is 24.6 Å². The smallest absolute Gasteiger partial charge is 0.230 e. The van der Waals surface area contributed by atoms with E-state index in [1.807, 2.05) is 6.92 Å². The van der Waals surface area contributed by atoms with Gasteiger partial charge in [-0.2, -0.15) is 0 Å². The van der Waals surface area contributed by atoms with E-state index in [1.165, 1.54) is 12.4 Å². The summed E-state index contributed by atoms with van der Waals surface area (Å²) in [5, 5.41) is 0.571. The van der Waals surface area contributed by atoms with Gasteiger partial charge in [0.2, 0.25) is 11.6 Å². The Kier molecular flexibility index (Phi) is 2.97. The summed E-state index contributed by atoms with van der Waals surface area (Å²) in [6.07, 6.45) is 3.08. The van der Waals surface area contributed by atoms with E-state index in [4.69, 9.17) is 11.6 Å². The summed E-state index contributed by atoms with van der Waals surface area (Å²) in [6, 6.07) is 6.83. The van der Waals surface area contributed by atoms with Crippen molar-refractivity contribution in [3.05, 3.63) is 58.6 Å². The maximum Gasteiger partial charge on any atom is 0.230 e. The van der Waals surface area contributed by atoms with Crippen molar-refractivity contribution in [3.8, 4) is 0 Å². The van der Waals surface area contributed by atoms with Crippen molar-refractivity contribution in [2.45, 2.75) is 6.92 Å². The molecule has 0 N–H and O–H groups in total. The molecule has 2 aromatic rings. The normalized spacial score (nSPS) is 10.1. The molecule has 0 bridgehead atoms. The number of rotatable bonds is 2. The minimum atomic E-state index is -0.220. The second-order valence-electron chi connectivity index (χ2n) is 3.37. The van der Waals surface area contributed by atoms with Gasteiger partial charge in [0.15, 0.2) is 0 Å². The first-order valence-corrected chi connectivity index (χ1v) is 5.14. The molecule has 80 valence electrons. The summed E-state index contributed by atoms with van der Waals surface area (Å²) in [5.74, 6) is -0.0371. The van der Waals surface area contributed by atoms with Crippen LogP contribution in [0.15, 0.2) is 36.7 Å². The van der Waals surface area contributed by atoms with Crippen molar-refractivity contribution in [2.24, 2.45) is 0 Å². The summed E-state index contributed by atoms with van der Waals surface area (Å²) in [4.78, 5) is 19.7. The molecule has 4 heteroatoms. The highest BCUT2D eigenvalue weighted by Gasteiger charge is 2.12. The Labute approximate surface area is 98.1 Å². The molecule has 0 aliphatic rings. The van der Waals surface area contributed by atoms with Crippen LogP contribution in [0, 0.1) is 6.92 Å². The summed E-state index contributed by atoms with van der Waals surface area (Å²) in [7, 11) is 0. The molecular formula is C12H9ClN2O. The van der Waals surface area contributed by atoms with Crippen LogP contribution in [0.1, 0.15) is 21.7 Å². The van der Waals surface area contributed by atoms with E-state index in [0.29, 0.717) is 10.6 Å². The third-order valence-corrected chi connectivity index (χ3v) is 2.61. The molecule has 1 aromatic carbocycles. The molecule has 0 unspecified atom stereocenters. The second-order valence-corrected chi connectivity index (χ2v) is 3.77. The van der Waals surface area contributed by atoms with Crippen LogP contribution in [0.4, 0.5) is 0 Å². The van der Waals surface area contributed by atoms with Crippen LogP contribution in [0.5, 0.6) is 0 Å². The molecule has 0 saturated carbocycles. The average Bonchev–Trinajstić information content (AvgIpc) is 2.33. The van der Waals surface area contributed by atoms with Gasteiger partial charge in [-0.3, -0.25) is 4.79 Å². The maximum atomic E-state index is 11.9. The standard InChI is InChI=1S/C12H9ClN2O/c1-8-3-4-9(7-10(8)13)11(16)12-14-5-2-6-15-12/h2-7H,1H3. The highest BCUT2D eigenvalue weighted by atomic mass is 35.5. The van der Waals surface area contributed by atoms with Crippen molar-refractivity contribution < 1.29 is 4.79 Å². The lowest BCUT2D eigenvalue weighted by atomic mass is 10.1. The van der Waals surface area contributed by atoms with Gasteiger partial charge in [-0.1, -0.05) is 23.7 Å². The summed E-state index contributed by atoms with van der Waals surface area (Å²) in [5.41, 5.74) is 1.44. The quantitative estimate of drug-likeness (QED) is 0.748. The second kappa shape index (κ2) is 4.41. The van der Waals surface area contributed by atoms with Gasteiger partial charge in [0.05, 0.1) is 0 Å². The van der Waals surface area contributed by atoms with Crippen LogP contribution in [0.3, 0.4) is 0 Å². The molecule has 16 heavy (non-hydrogen) atoms.